The van der Waals surface area contributed by atoms with E-state index in [-0.39, 0.29) is 0 Å². The number of hydrogen-bond donors (Lipinski definition) is 4. The minimum atomic E-state index is 0.290. The van der Waals surface area contributed by atoms with Crippen LogP contribution in [0.1, 0.15) is 18.2 Å². The zero-order valence-electron chi connectivity index (χ0n) is 13.3. The van der Waals surface area contributed by atoms with Crippen molar-refractivity contribution in [1.29, 1.82) is 0 Å². The number of hydrazine groups is 1. The molecule has 0 saturated carbocycles. The van der Waals surface area contributed by atoms with Crippen LogP contribution >= 0.6 is 24.4 Å². The molecule has 0 spiro atoms. The Balaban J connectivity index is 1.77. The summed E-state index contributed by atoms with van der Waals surface area (Å²) >= 11 is 10.3. The van der Waals surface area contributed by atoms with Gasteiger partial charge in [-0.05, 0) is 68.1 Å². The maximum absolute atomic E-state index is 5.19. The molecule has 8 heteroatoms. The second kappa shape index (κ2) is 8.90. The number of hydrazone groups is 1. The minimum absolute atomic E-state index is 0.290. The Morgan fingerprint density at radius 2 is 1.83 bits per heavy atom. The number of pyridine rings is 1. The van der Waals surface area contributed by atoms with Crippen molar-refractivity contribution in [3.05, 3.63) is 59.9 Å². The summed E-state index contributed by atoms with van der Waals surface area (Å²) < 4.78 is 0. The fourth-order valence-corrected chi connectivity index (χ4v) is 2.06. The molecule has 0 aliphatic heterocycles. The second-order valence-corrected chi connectivity index (χ2v) is 5.74. The van der Waals surface area contributed by atoms with E-state index in [9.17, 15) is 0 Å². The molecule has 0 fully saturated rings. The van der Waals surface area contributed by atoms with Crippen LogP contribution in [0, 0.1) is 6.92 Å². The van der Waals surface area contributed by atoms with Crippen molar-refractivity contribution >= 4 is 46.1 Å². The van der Waals surface area contributed by atoms with Crippen LogP contribution in [0.2, 0.25) is 0 Å². The lowest BCUT2D eigenvalue weighted by Gasteiger charge is -2.13. The van der Waals surface area contributed by atoms with E-state index in [1.165, 1.54) is 0 Å². The van der Waals surface area contributed by atoms with Gasteiger partial charge in [0.15, 0.2) is 5.11 Å². The number of rotatable bonds is 3. The lowest BCUT2D eigenvalue weighted by Crippen LogP contribution is -2.47. The normalized spacial score (nSPS) is 10.7. The Kier molecular flexibility index (Phi) is 6.59. The van der Waals surface area contributed by atoms with E-state index in [1.807, 2.05) is 56.3 Å². The summed E-state index contributed by atoms with van der Waals surface area (Å²) in [5, 5.41) is 7.91. The third-order valence-corrected chi connectivity index (χ3v) is 3.32. The molecule has 0 atom stereocenters. The number of thiocarbonyl (C=S) groups is 2. The molecule has 6 nitrogen and oxygen atoms in total. The molecule has 0 radical (unpaired) electrons. The quantitative estimate of drug-likeness (QED) is 0.382. The maximum atomic E-state index is 5.19. The van der Waals surface area contributed by atoms with Crippen LogP contribution in [0.4, 0.5) is 5.69 Å². The first kappa shape index (κ1) is 17.8. The largest absolute Gasteiger partial charge is 0.331 e. The number of benzene rings is 1. The molecule has 24 heavy (non-hydrogen) atoms. The number of anilines is 1. The Labute approximate surface area is 151 Å². The van der Waals surface area contributed by atoms with Gasteiger partial charge in [0.25, 0.3) is 0 Å². The van der Waals surface area contributed by atoms with E-state index in [2.05, 4.69) is 31.7 Å². The van der Waals surface area contributed by atoms with Gasteiger partial charge < -0.3 is 5.32 Å². The molecule has 0 amide bonds. The van der Waals surface area contributed by atoms with Crippen molar-refractivity contribution in [2.45, 2.75) is 13.8 Å². The third kappa shape index (κ3) is 5.90. The molecule has 124 valence electrons. The first-order valence-electron chi connectivity index (χ1n) is 7.20. The number of nitrogens with zero attached hydrogens (tertiary/aromatic N) is 2. The summed E-state index contributed by atoms with van der Waals surface area (Å²) in [7, 11) is 0. The average Bonchev–Trinajstić information content (AvgIpc) is 2.58. The molecule has 0 unspecified atom stereocenters. The summed E-state index contributed by atoms with van der Waals surface area (Å²) in [6.45, 7) is 3.86. The molecular formula is C16H18N6S2. The van der Waals surface area contributed by atoms with Crippen LogP contribution in [0.3, 0.4) is 0 Å². The number of hydrogen-bond acceptors (Lipinski definition) is 4. The lowest BCUT2D eigenvalue weighted by molar-refractivity contribution is 0.834. The third-order valence-electron chi connectivity index (χ3n) is 2.93. The van der Waals surface area contributed by atoms with Gasteiger partial charge in [0.05, 0.1) is 11.4 Å². The van der Waals surface area contributed by atoms with Crippen LogP contribution < -0.4 is 21.6 Å². The van der Waals surface area contributed by atoms with Crippen molar-refractivity contribution < 1.29 is 0 Å². The van der Waals surface area contributed by atoms with Crippen molar-refractivity contribution in [2.24, 2.45) is 5.10 Å². The van der Waals surface area contributed by atoms with Gasteiger partial charge in [-0.25, -0.2) is 0 Å². The highest BCUT2D eigenvalue weighted by atomic mass is 32.1. The van der Waals surface area contributed by atoms with Crippen LogP contribution in [-0.4, -0.2) is 20.9 Å². The highest BCUT2D eigenvalue weighted by molar-refractivity contribution is 7.80. The molecule has 1 aromatic carbocycles. The van der Waals surface area contributed by atoms with Crippen LogP contribution in [0.15, 0.2) is 53.8 Å². The Morgan fingerprint density at radius 3 is 2.54 bits per heavy atom. The summed E-state index contributed by atoms with van der Waals surface area (Å²) in [6, 6.07) is 13.5. The average molecular weight is 358 g/mol. The van der Waals surface area contributed by atoms with Crippen molar-refractivity contribution in [3.63, 3.8) is 0 Å². The summed E-state index contributed by atoms with van der Waals surface area (Å²) in [4.78, 5) is 4.20. The zero-order chi connectivity index (χ0) is 17.4. The predicted octanol–water partition coefficient (Wildman–Crippen LogP) is 2.48. The molecule has 0 saturated heterocycles. The SMILES string of the molecule is C/C(=N\NC(=S)NNC(=S)Nc1cccc(C)c1)c1ccccn1. The summed E-state index contributed by atoms with van der Waals surface area (Å²) in [5.74, 6) is 0. The Morgan fingerprint density at radius 1 is 1.04 bits per heavy atom. The minimum Gasteiger partial charge on any atom is -0.331 e. The second-order valence-electron chi connectivity index (χ2n) is 4.93. The highest BCUT2D eigenvalue weighted by Crippen LogP contribution is 2.08. The topological polar surface area (TPSA) is 73.4 Å². The molecule has 0 aliphatic rings. The van der Waals surface area contributed by atoms with E-state index in [0.717, 1.165) is 22.7 Å². The van der Waals surface area contributed by atoms with Gasteiger partial charge in [-0.3, -0.25) is 21.3 Å². The maximum Gasteiger partial charge on any atom is 0.205 e. The van der Waals surface area contributed by atoms with Crippen molar-refractivity contribution in [3.8, 4) is 0 Å². The fraction of sp³-hybridized carbons (Fsp3) is 0.125. The van der Waals surface area contributed by atoms with E-state index < -0.39 is 0 Å². The van der Waals surface area contributed by atoms with Crippen LogP contribution in [0.25, 0.3) is 0 Å². The van der Waals surface area contributed by atoms with E-state index >= 15 is 0 Å². The van der Waals surface area contributed by atoms with Crippen LogP contribution in [0.5, 0.6) is 0 Å². The number of aryl methyl sites for hydroxylation is 1. The highest BCUT2D eigenvalue weighted by Gasteiger charge is 2.00. The van der Waals surface area contributed by atoms with Gasteiger partial charge in [-0.15, -0.1) is 0 Å². The van der Waals surface area contributed by atoms with E-state index in [4.69, 9.17) is 24.4 Å². The molecule has 1 heterocycles. The molecule has 1 aromatic heterocycles. The van der Waals surface area contributed by atoms with Gasteiger partial charge in [-0.1, -0.05) is 18.2 Å². The number of nitrogens with one attached hydrogen (secondary N) is 4. The van der Waals surface area contributed by atoms with Crippen molar-refractivity contribution in [1.82, 2.24) is 21.3 Å². The Hall–Kier alpha value is -2.58. The lowest BCUT2D eigenvalue weighted by atomic mass is 10.2. The smallest absolute Gasteiger partial charge is 0.205 e. The van der Waals surface area contributed by atoms with Gasteiger partial charge >= 0.3 is 0 Å². The first-order valence-corrected chi connectivity index (χ1v) is 8.01. The van der Waals surface area contributed by atoms with Gasteiger partial charge in [-0.2, -0.15) is 5.10 Å². The molecule has 4 N–H and O–H groups in total. The molecule has 2 rings (SSSR count). The van der Waals surface area contributed by atoms with E-state index in [1.54, 1.807) is 6.20 Å². The fourth-order valence-electron chi connectivity index (χ4n) is 1.80. The predicted molar refractivity (Wildman–Crippen MR) is 106 cm³/mol. The molecule has 0 aliphatic carbocycles. The molecular weight excluding hydrogens is 340 g/mol. The first-order chi connectivity index (χ1) is 11.5. The number of aromatic nitrogens is 1. The monoisotopic (exact) mass is 358 g/mol. The van der Waals surface area contributed by atoms with Crippen molar-refractivity contribution in [2.75, 3.05) is 5.32 Å². The van der Waals surface area contributed by atoms with Crippen LogP contribution in [-0.2, 0) is 0 Å². The molecule has 2 aromatic rings. The summed E-state index contributed by atoms with van der Waals surface area (Å²) in [5.41, 5.74) is 11.8. The van der Waals surface area contributed by atoms with Gasteiger partial charge in [0, 0.05) is 11.9 Å². The molecule has 0 bridgehead atoms. The Bertz CT molecular complexity index is 745. The van der Waals surface area contributed by atoms with E-state index in [0.29, 0.717) is 10.2 Å². The van der Waals surface area contributed by atoms with Gasteiger partial charge in [0.1, 0.15) is 0 Å². The van der Waals surface area contributed by atoms with Gasteiger partial charge in [0.2, 0.25) is 5.11 Å². The zero-order valence-corrected chi connectivity index (χ0v) is 15.0. The summed E-state index contributed by atoms with van der Waals surface area (Å²) in [6.07, 6.45) is 1.71. The standard InChI is InChI=1S/C16H18N6S2/c1-11-6-5-7-13(10-11)18-15(23)20-22-16(24)21-19-12(2)14-8-3-4-9-17-14/h3-10H,1-2H3,(H2,18,20,23)(H2,21,22,24)/b19-12+.